The number of oxazole rings is 1. The molecule has 4 rings (SSSR count). The van der Waals surface area contributed by atoms with Gasteiger partial charge in [-0.05, 0) is 48.6 Å². The number of methoxy groups -OCH3 is 1. The zero-order valence-corrected chi connectivity index (χ0v) is 18.6. The molecule has 1 fully saturated rings. The van der Waals surface area contributed by atoms with Gasteiger partial charge in [-0.25, -0.2) is 4.98 Å². The average Bonchev–Trinajstić information content (AvgIpc) is 3.49. The summed E-state index contributed by atoms with van der Waals surface area (Å²) in [6, 6.07) is 16.9. The van der Waals surface area contributed by atoms with Crippen LogP contribution < -0.4 is 14.8 Å². The first kappa shape index (κ1) is 21.5. The fourth-order valence-electron chi connectivity index (χ4n) is 3.51. The standard InChI is InChI=1S/C25H28N2O3S/c1-28-24-14-20(8-5-9-21-17-31-18-26-21)10-12-23(24)29-15-22-16-30-25(27-22)13-11-19-6-3-2-4-7-19/h2-4,6-7,10-14,16,21,26H,5,8-9,15,17-18H2,1H3/b13-11+. The molecule has 5 nitrogen and oxygen atoms in total. The Bertz CT molecular complexity index is 981. The van der Waals surface area contributed by atoms with E-state index >= 15 is 0 Å². The zero-order valence-electron chi connectivity index (χ0n) is 17.8. The van der Waals surface area contributed by atoms with Gasteiger partial charge in [-0.15, -0.1) is 11.8 Å². The van der Waals surface area contributed by atoms with Gasteiger partial charge >= 0.3 is 0 Å². The first-order valence-corrected chi connectivity index (χ1v) is 11.7. The lowest BCUT2D eigenvalue weighted by atomic mass is 10.0. The number of benzene rings is 2. The second-order valence-electron chi connectivity index (χ2n) is 7.50. The Morgan fingerprint density at radius 1 is 1.16 bits per heavy atom. The highest BCUT2D eigenvalue weighted by molar-refractivity contribution is 7.99. The van der Waals surface area contributed by atoms with Crippen molar-refractivity contribution in [1.29, 1.82) is 0 Å². The van der Waals surface area contributed by atoms with E-state index < -0.39 is 0 Å². The molecule has 0 spiro atoms. The number of hydrogen-bond donors (Lipinski definition) is 1. The summed E-state index contributed by atoms with van der Waals surface area (Å²) in [5.41, 5.74) is 3.10. The number of aromatic nitrogens is 1. The van der Waals surface area contributed by atoms with Crippen molar-refractivity contribution in [1.82, 2.24) is 10.3 Å². The maximum Gasteiger partial charge on any atom is 0.218 e. The maximum absolute atomic E-state index is 5.95. The van der Waals surface area contributed by atoms with Gasteiger partial charge in [0.1, 0.15) is 18.6 Å². The third kappa shape index (κ3) is 6.39. The molecule has 0 saturated carbocycles. The van der Waals surface area contributed by atoms with Crippen molar-refractivity contribution in [2.24, 2.45) is 0 Å². The third-order valence-electron chi connectivity index (χ3n) is 5.20. The van der Waals surface area contributed by atoms with Gasteiger partial charge in [0.15, 0.2) is 11.5 Å². The molecule has 0 amide bonds. The number of rotatable bonds is 10. The van der Waals surface area contributed by atoms with Gasteiger partial charge in [0.25, 0.3) is 0 Å². The predicted molar refractivity (Wildman–Crippen MR) is 126 cm³/mol. The second kappa shape index (κ2) is 11.1. The van der Waals surface area contributed by atoms with E-state index in [0.717, 1.165) is 29.3 Å². The summed E-state index contributed by atoms with van der Waals surface area (Å²) in [7, 11) is 1.67. The van der Waals surface area contributed by atoms with Gasteiger partial charge in [0.05, 0.1) is 7.11 Å². The minimum atomic E-state index is 0.323. The van der Waals surface area contributed by atoms with Crippen LogP contribution in [0.3, 0.4) is 0 Å². The van der Waals surface area contributed by atoms with Crippen LogP contribution in [0.15, 0.2) is 59.2 Å². The lowest BCUT2D eigenvalue weighted by Gasteiger charge is -2.12. The molecule has 1 aromatic heterocycles. The molecule has 1 saturated heterocycles. The summed E-state index contributed by atoms with van der Waals surface area (Å²) in [6.45, 7) is 0.323. The van der Waals surface area contributed by atoms with Crippen LogP contribution in [0, 0.1) is 0 Å². The molecule has 2 aromatic carbocycles. The fraction of sp³-hybridized carbons (Fsp3) is 0.320. The van der Waals surface area contributed by atoms with E-state index in [1.165, 1.54) is 24.2 Å². The average molecular weight is 437 g/mol. The number of ether oxygens (including phenoxy) is 2. The first-order chi connectivity index (χ1) is 15.3. The topological polar surface area (TPSA) is 56.5 Å². The van der Waals surface area contributed by atoms with Crippen molar-refractivity contribution in [3.8, 4) is 11.5 Å². The van der Waals surface area contributed by atoms with Gasteiger partial charge in [-0.2, -0.15) is 0 Å². The second-order valence-corrected chi connectivity index (χ2v) is 8.53. The summed E-state index contributed by atoms with van der Waals surface area (Å²) in [5, 5.41) is 3.53. The molecule has 3 aromatic rings. The molecule has 1 aliphatic heterocycles. The van der Waals surface area contributed by atoms with Crippen molar-refractivity contribution >= 4 is 23.9 Å². The van der Waals surface area contributed by atoms with Gasteiger partial charge < -0.3 is 19.2 Å². The van der Waals surface area contributed by atoms with Gasteiger partial charge in [-0.3, -0.25) is 0 Å². The molecule has 1 N–H and O–H groups in total. The molecule has 1 atom stereocenters. The number of nitrogens with one attached hydrogen (secondary N) is 1. The van der Waals surface area contributed by atoms with Crippen LogP contribution in [0.4, 0.5) is 0 Å². The van der Waals surface area contributed by atoms with Gasteiger partial charge in [-0.1, -0.05) is 36.4 Å². The molecule has 2 heterocycles. The van der Waals surface area contributed by atoms with Crippen molar-refractivity contribution in [3.05, 3.63) is 77.5 Å². The molecule has 31 heavy (non-hydrogen) atoms. The first-order valence-electron chi connectivity index (χ1n) is 10.6. The summed E-state index contributed by atoms with van der Waals surface area (Å²) < 4.78 is 17.0. The van der Waals surface area contributed by atoms with Crippen LogP contribution in [0.25, 0.3) is 12.2 Å². The molecule has 6 heteroatoms. The van der Waals surface area contributed by atoms with Crippen LogP contribution in [-0.2, 0) is 13.0 Å². The third-order valence-corrected chi connectivity index (χ3v) is 6.21. The normalized spacial score (nSPS) is 16.1. The summed E-state index contributed by atoms with van der Waals surface area (Å²) in [6.07, 6.45) is 8.87. The predicted octanol–water partition coefficient (Wildman–Crippen LogP) is 5.42. The number of thioether (sulfide) groups is 1. The summed E-state index contributed by atoms with van der Waals surface area (Å²) in [4.78, 5) is 4.46. The SMILES string of the molecule is COc1cc(CCCC2CSCN2)ccc1OCc1coc(/C=C/c2ccccc2)n1. The van der Waals surface area contributed by atoms with Crippen molar-refractivity contribution in [3.63, 3.8) is 0 Å². The van der Waals surface area contributed by atoms with Crippen LogP contribution in [0.5, 0.6) is 11.5 Å². The molecular weight excluding hydrogens is 408 g/mol. The Hall–Kier alpha value is -2.70. The van der Waals surface area contributed by atoms with Crippen LogP contribution in [-0.4, -0.2) is 29.8 Å². The van der Waals surface area contributed by atoms with Crippen LogP contribution >= 0.6 is 11.8 Å². The Labute approximate surface area is 187 Å². The lowest BCUT2D eigenvalue weighted by molar-refractivity contribution is 0.280. The summed E-state index contributed by atoms with van der Waals surface area (Å²) in [5.74, 6) is 4.33. The Morgan fingerprint density at radius 2 is 2.06 bits per heavy atom. The largest absolute Gasteiger partial charge is 0.493 e. The van der Waals surface area contributed by atoms with E-state index in [1.54, 1.807) is 13.4 Å². The highest BCUT2D eigenvalue weighted by Crippen LogP contribution is 2.29. The molecule has 0 aliphatic carbocycles. The van der Waals surface area contributed by atoms with Crippen LogP contribution in [0.2, 0.25) is 0 Å². The highest BCUT2D eigenvalue weighted by Gasteiger charge is 2.14. The van der Waals surface area contributed by atoms with Crippen molar-refractivity contribution in [2.45, 2.75) is 31.9 Å². The number of aryl methyl sites for hydroxylation is 1. The van der Waals surface area contributed by atoms with Gasteiger partial charge in [0, 0.05) is 23.7 Å². The number of nitrogens with zero attached hydrogens (tertiary/aromatic N) is 1. The zero-order chi connectivity index (χ0) is 21.3. The van der Waals surface area contributed by atoms with E-state index in [1.807, 2.05) is 60.3 Å². The quantitative estimate of drug-likeness (QED) is 0.458. The molecule has 0 bridgehead atoms. The Kier molecular flexibility index (Phi) is 7.69. The van der Waals surface area contributed by atoms with Crippen molar-refractivity contribution in [2.75, 3.05) is 18.7 Å². The van der Waals surface area contributed by atoms with E-state index in [9.17, 15) is 0 Å². The van der Waals surface area contributed by atoms with Crippen molar-refractivity contribution < 1.29 is 13.9 Å². The Balaban J connectivity index is 1.29. The molecule has 1 unspecified atom stereocenters. The summed E-state index contributed by atoms with van der Waals surface area (Å²) >= 11 is 1.98. The van der Waals surface area contributed by atoms with E-state index in [0.29, 0.717) is 24.3 Å². The maximum atomic E-state index is 5.95. The van der Waals surface area contributed by atoms with E-state index in [-0.39, 0.29) is 0 Å². The monoisotopic (exact) mass is 436 g/mol. The Morgan fingerprint density at radius 3 is 2.87 bits per heavy atom. The smallest absolute Gasteiger partial charge is 0.218 e. The lowest BCUT2D eigenvalue weighted by Crippen LogP contribution is -2.23. The van der Waals surface area contributed by atoms with E-state index in [2.05, 4.69) is 22.4 Å². The molecular formula is C25H28N2O3S. The highest BCUT2D eigenvalue weighted by atomic mass is 32.2. The fourth-order valence-corrected chi connectivity index (χ4v) is 4.55. The number of hydrogen-bond acceptors (Lipinski definition) is 6. The molecule has 0 radical (unpaired) electrons. The molecule has 162 valence electrons. The van der Waals surface area contributed by atoms with Gasteiger partial charge in [0.2, 0.25) is 5.89 Å². The minimum Gasteiger partial charge on any atom is -0.493 e. The van der Waals surface area contributed by atoms with Crippen LogP contribution in [0.1, 0.15) is 35.6 Å². The molecule has 1 aliphatic rings. The minimum absolute atomic E-state index is 0.323. The van der Waals surface area contributed by atoms with E-state index in [4.69, 9.17) is 13.9 Å².